The average Bonchev–Trinajstić information content (AvgIpc) is 2.27. The summed E-state index contributed by atoms with van der Waals surface area (Å²) >= 11 is 11.6. The zero-order valence-corrected chi connectivity index (χ0v) is 10.4. The van der Waals surface area contributed by atoms with E-state index in [-0.39, 0.29) is 16.4 Å². The molecule has 1 N–H and O–H groups in total. The van der Waals surface area contributed by atoms with Crippen molar-refractivity contribution >= 4 is 23.2 Å². The number of hydrogen-bond acceptors (Lipinski definition) is 4. The Morgan fingerprint density at radius 1 is 1.44 bits per heavy atom. The number of ether oxygens (including phenoxy) is 1. The van der Waals surface area contributed by atoms with E-state index in [0.29, 0.717) is 11.7 Å². The Morgan fingerprint density at radius 2 is 2.25 bits per heavy atom. The first-order chi connectivity index (χ1) is 7.66. The van der Waals surface area contributed by atoms with Crippen LogP contribution < -0.4 is 10.1 Å². The third-order valence-corrected chi connectivity index (χ3v) is 3.17. The van der Waals surface area contributed by atoms with E-state index in [4.69, 9.17) is 27.9 Å². The van der Waals surface area contributed by atoms with Crippen molar-refractivity contribution in [3.05, 3.63) is 16.4 Å². The Labute approximate surface area is 104 Å². The van der Waals surface area contributed by atoms with Gasteiger partial charge in [-0.1, -0.05) is 30.1 Å². The van der Waals surface area contributed by atoms with Gasteiger partial charge in [0.15, 0.2) is 16.1 Å². The number of aromatic nitrogens is 2. The molecule has 0 radical (unpaired) electrons. The summed E-state index contributed by atoms with van der Waals surface area (Å²) in [6.07, 6.45) is 1.20. The van der Waals surface area contributed by atoms with Crippen LogP contribution in [-0.2, 0) is 0 Å². The van der Waals surface area contributed by atoms with Crippen LogP contribution in [0, 0.1) is 5.92 Å². The minimum atomic E-state index is 0.103. The summed E-state index contributed by atoms with van der Waals surface area (Å²) < 4.78 is 5.80. The molecule has 1 aromatic heterocycles. The highest BCUT2D eigenvalue weighted by molar-refractivity contribution is 6.32. The first-order valence-electron chi connectivity index (χ1n) is 5.23. The number of nitrogens with one attached hydrogen (secondary N) is 1. The predicted octanol–water partition coefficient (Wildman–Crippen LogP) is 2.16. The second kappa shape index (κ2) is 5.17. The molecule has 1 fully saturated rings. The SMILES string of the molecule is CC1CCNCC1Oc1cc(Cl)nnc1Cl. The second-order valence-electron chi connectivity index (χ2n) is 3.95. The highest BCUT2D eigenvalue weighted by atomic mass is 35.5. The average molecular weight is 262 g/mol. The van der Waals surface area contributed by atoms with Gasteiger partial charge in [-0.15, -0.1) is 10.2 Å². The maximum Gasteiger partial charge on any atom is 0.193 e. The number of halogens is 2. The van der Waals surface area contributed by atoms with Gasteiger partial charge in [0, 0.05) is 12.6 Å². The van der Waals surface area contributed by atoms with Gasteiger partial charge in [-0.3, -0.25) is 0 Å². The summed E-state index contributed by atoms with van der Waals surface area (Å²) in [4.78, 5) is 0. The molecule has 0 aromatic carbocycles. The predicted molar refractivity (Wildman–Crippen MR) is 63.1 cm³/mol. The molecule has 2 rings (SSSR count). The lowest BCUT2D eigenvalue weighted by molar-refractivity contribution is 0.114. The van der Waals surface area contributed by atoms with Crippen molar-refractivity contribution in [1.82, 2.24) is 15.5 Å². The van der Waals surface area contributed by atoms with E-state index in [1.54, 1.807) is 6.07 Å². The van der Waals surface area contributed by atoms with E-state index < -0.39 is 0 Å². The monoisotopic (exact) mass is 261 g/mol. The minimum absolute atomic E-state index is 0.103. The van der Waals surface area contributed by atoms with Gasteiger partial charge in [0.05, 0.1) is 0 Å². The van der Waals surface area contributed by atoms with Gasteiger partial charge in [-0.2, -0.15) is 0 Å². The zero-order chi connectivity index (χ0) is 11.5. The van der Waals surface area contributed by atoms with Crippen LogP contribution in [0.1, 0.15) is 13.3 Å². The molecule has 4 nitrogen and oxygen atoms in total. The first kappa shape index (κ1) is 11.9. The van der Waals surface area contributed by atoms with Crippen LogP contribution in [-0.4, -0.2) is 29.4 Å². The summed E-state index contributed by atoms with van der Waals surface area (Å²) in [6, 6.07) is 1.60. The fraction of sp³-hybridized carbons (Fsp3) is 0.600. The molecule has 6 heteroatoms. The van der Waals surface area contributed by atoms with Crippen LogP contribution in [0.5, 0.6) is 5.75 Å². The van der Waals surface area contributed by atoms with Crippen LogP contribution in [0.4, 0.5) is 0 Å². The number of nitrogens with zero attached hydrogens (tertiary/aromatic N) is 2. The lowest BCUT2D eigenvalue weighted by Gasteiger charge is -2.30. The van der Waals surface area contributed by atoms with Crippen molar-refractivity contribution in [2.75, 3.05) is 13.1 Å². The number of piperidine rings is 1. The van der Waals surface area contributed by atoms with Gasteiger partial charge in [-0.05, 0) is 18.9 Å². The molecule has 2 atom stereocenters. The topological polar surface area (TPSA) is 47.0 Å². The molecule has 2 heterocycles. The van der Waals surface area contributed by atoms with Gasteiger partial charge < -0.3 is 10.1 Å². The maximum absolute atomic E-state index is 5.89. The highest BCUT2D eigenvalue weighted by Gasteiger charge is 2.23. The Morgan fingerprint density at radius 3 is 3.00 bits per heavy atom. The van der Waals surface area contributed by atoms with Gasteiger partial charge >= 0.3 is 0 Å². The van der Waals surface area contributed by atoms with Crippen LogP contribution in [0.2, 0.25) is 10.3 Å². The molecule has 88 valence electrons. The molecule has 0 bridgehead atoms. The zero-order valence-electron chi connectivity index (χ0n) is 8.91. The van der Waals surface area contributed by atoms with E-state index in [1.807, 2.05) is 0 Å². The molecule has 1 aliphatic heterocycles. The van der Waals surface area contributed by atoms with Crippen LogP contribution in [0.25, 0.3) is 0 Å². The van der Waals surface area contributed by atoms with Gasteiger partial charge in [0.2, 0.25) is 0 Å². The van der Waals surface area contributed by atoms with Crippen molar-refractivity contribution in [3.8, 4) is 5.75 Å². The van der Waals surface area contributed by atoms with E-state index in [9.17, 15) is 0 Å². The molecule has 1 aliphatic rings. The number of rotatable bonds is 2. The highest BCUT2D eigenvalue weighted by Crippen LogP contribution is 2.27. The van der Waals surface area contributed by atoms with Crippen molar-refractivity contribution in [2.45, 2.75) is 19.4 Å². The second-order valence-corrected chi connectivity index (χ2v) is 4.69. The molecule has 2 unspecified atom stereocenters. The maximum atomic E-state index is 5.89. The van der Waals surface area contributed by atoms with Crippen LogP contribution in [0.15, 0.2) is 6.07 Å². The van der Waals surface area contributed by atoms with Gasteiger partial charge in [0.1, 0.15) is 6.10 Å². The first-order valence-corrected chi connectivity index (χ1v) is 5.98. The standard InChI is InChI=1S/C10H13Cl2N3O/c1-6-2-3-13-5-8(6)16-7-4-9(11)14-15-10(7)12/h4,6,8,13H,2-3,5H2,1H3. The normalized spacial score (nSPS) is 25.4. The van der Waals surface area contributed by atoms with Crippen molar-refractivity contribution in [1.29, 1.82) is 0 Å². The Balaban J connectivity index is 2.10. The van der Waals surface area contributed by atoms with E-state index in [0.717, 1.165) is 19.5 Å². The summed E-state index contributed by atoms with van der Waals surface area (Å²) in [5.74, 6) is 0.992. The summed E-state index contributed by atoms with van der Waals surface area (Å²) in [5, 5.41) is 11.2. The third kappa shape index (κ3) is 2.75. The largest absolute Gasteiger partial charge is 0.485 e. The molecule has 1 aromatic rings. The van der Waals surface area contributed by atoms with Crippen molar-refractivity contribution < 1.29 is 4.74 Å². The molecule has 1 saturated heterocycles. The summed E-state index contributed by atoms with van der Waals surface area (Å²) in [5.41, 5.74) is 0. The quantitative estimate of drug-likeness (QED) is 0.887. The molecule has 0 aliphatic carbocycles. The molecular formula is C10H13Cl2N3O. The Bertz CT molecular complexity index is 375. The summed E-state index contributed by atoms with van der Waals surface area (Å²) in [6.45, 7) is 4.01. The van der Waals surface area contributed by atoms with E-state index in [2.05, 4.69) is 22.4 Å². The number of hydrogen-bond donors (Lipinski definition) is 1. The van der Waals surface area contributed by atoms with Crippen LogP contribution >= 0.6 is 23.2 Å². The van der Waals surface area contributed by atoms with Gasteiger partial charge in [-0.25, -0.2) is 0 Å². The lowest BCUT2D eigenvalue weighted by atomic mass is 9.97. The smallest absolute Gasteiger partial charge is 0.193 e. The fourth-order valence-electron chi connectivity index (χ4n) is 1.70. The molecular weight excluding hydrogens is 249 g/mol. The van der Waals surface area contributed by atoms with E-state index >= 15 is 0 Å². The molecule has 0 spiro atoms. The van der Waals surface area contributed by atoms with E-state index in [1.165, 1.54) is 0 Å². The molecule has 0 saturated carbocycles. The summed E-state index contributed by atoms with van der Waals surface area (Å²) in [7, 11) is 0. The Kier molecular flexibility index (Phi) is 3.84. The van der Waals surface area contributed by atoms with Gasteiger partial charge in [0.25, 0.3) is 0 Å². The minimum Gasteiger partial charge on any atom is -0.485 e. The molecule has 0 amide bonds. The third-order valence-electron chi connectivity index (χ3n) is 2.72. The fourth-order valence-corrected chi connectivity index (χ4v) is 1.98. The lowest BCUT2D eigenvalue weighted by Crippen LogP contribution is -2.42. The van der Waals surface area contributed by atoms with Crippen molar-refractivity contribution in [3.63, 3.8) is 0 Å². The van der Waals surface area contributed by atoms with Crippen molar-refractivity contribution in [2.24, 2.45) is 5.92 Å². The Hall–Kier alpha value is -0.580. The van der Waals surface area contributed by atoms with Crippen LogP contribution in [0.3, 0.4) is 0 Å². The molecule has 16 heavy (non-hydrogen) atoms.